The van der Waals surface area contributed by atoms with Crippen molar-refractivity contribution in [2.45, 2.75) is 0 Å². The van der Waals surface area contributed by atoms with E-state index in [1.165, 1.54) is 4.90 Å². The van der Waals surface area contributed by atoms with Crippen LogP contribution < -0.4 is 20.0 Å². The van der Waals surface area contributed by atoms with Gasteiger partial charge in [-0.1, -0.05) is 24.3 Å². The van der Waals surface area contributed by atoms with Gasteiger partial charge in [0.15, 0.2) is 6.54 Å². The van der Waals surface area contributed by atoms with Crippen molar-refractivity contribution in [3.05, 3.63) is 48.5 Å². The number of carbonyl (C=O) groups is 2. The lowest BCUT2D eigenvalue weighted by molar-refractivity contribution is -0.892. The zero-order valence-electron chi connectivity index (χ0n) is 15.0. The lowest BCUT2D eigenvalue weighted by Gasteiger charge is -2.35. The second-order valence-corrected chi connectivity index (χ2v) is 6.95. The van der Waals surface area contributed by atoms with E-state index >= 15 is 0 Å². The molecule has 0 bridgehead atoms. The predicted octanol–water partition coefficient (Wildman–Crippen LogP) is 0.0824. The lowest BCUT2D eigenvalue weighted by Crippen LogP contribution is -3.16. The normalized spacial score (nSPS) is 17.4. The number of rotatable bonds is 3. The number of para-hydroxylation sites is 4. The number of carbonyl (C=O) groups excluding carboxylic acids is 2. The van der Waals surface area contributed by atoms with Gasteiger partial charge in [-0.05, 0) is 24.3 Å². The molecule has 0 spiro atoms. The molecular formula is C20H23N4O3+. The van der Waals surface area contributed by atoms with Gasteiger partial charge in [-0.25, -0.2) is 0 Å². The number of amides is 2. The molecule has 1 saturated heterocycles. The minimum atomic E-state index is -0.165. The van der Waals surface area contributed by atoms with E-state index in [2.05, 4.69) is 10.2 Å². The molecule has 0 aromatic heterocycles. The molecular weight excluding hydrogens is 344 g/mol. The maximum absolute atomic E-state index is 12.9. The molecule has 2 amide bonds. The fraction of sp³-hybridized carbons (Fsp3) is 0.300. The number of nitrogens with zero attached hydrogens (tertiary/aromatic N) is 2. The molecule has 27 heavy (non-hydrogen) atoms. The SMILES string of the molecule is O=C1CN(C(=O)C[NH+]2CCN(c3ccccc3O)CC2)c2ccccc2N1. The molecule has 2 aromatic carbocycles. The van der Waals surface area contributed by atoms with Crippen molar-refractivity contribution < 1.29 is 19.6 Å². The molecule has 3 N–H and O–H groups in total. The molecule has 2 aliphatic rings. The first-order chi connectivity index (χ1) is 13.1. The molecule has 1 fully saturated rings. The van der Waals surface area contributed by atoms with Crippen LogP contribution in [0.5, 0.6) is 5.75 Å². The van der Waals surface area contributed by atoms with E-state index in [0.29, 0.717) is 12.2 Å². The van der Waals surface area contributed by atoms with E-state index in [-0.39, 0.29) is 24.1 Å². The number of aromatic hydroxyl groups is 1. The zero-order valence-corrected chi connectivity index (χ0v) is 15.0. The van der Waals surface area contributed by atoms with Crippen LogP contribution in [0.2, 0.25) is 0 Å². The lowest BCUT2D eigenvalue weighted by atomic mass is 10.2. The number of phenolic OH excluding ortho intramolecular Hbond substituents is 1. The Bertz CT molecular complexity index is 862. The number of anilines is 3. The highest BCUT2D eigenvalue weighted by Gasteiger charge is 2.30. The molecule has 0 aliphatic carbocycles. The Morgan fingerprint density at radius 3 is 2.44 bits per heavy atom. The monoisotopic (exact) mass is 367 g/mol. The molecule has 7 heteroatoms. The number of phenols is 1. The van der Waals surface area contributed by atoms with Gasteiger partial charge in [-0.3, -0.25) is 14.5 Å². The highest BCUT2D eigenvalue weighted by atomic mass is 16.3. The predicted molar refractivity (Wildman–Crippen MR) is 103 cm³/mol. The van der Waals surface area contributed by atoms with E-state index in [9.17, 15) is 14.7 Å². The van der Waals surface area contributed by atoms with Crippen LogP contribution in [0, 0.1) is 0 Å². The summed E-state index contributed by atoms with van der Waals surface area (Å²) < 4.78 is 0. The average Bonchev–Trinajstić information content (AvgIpc) is 2.68. The number of nitrogens with one attached hydrogen (secondary N) is 2. The first kappa shape index (κ1) is 17.4. The number of quaternary nitrogens is 1. The first-order valence-electron chi connectivity index (χ1n) is 9.17. The third-order valence-electron chi connectivity index (χ3n) is 5.17. The van der Waals surface area contributed by atoms with Crippen LogP contribution in [-0.4, -0.2) is 56.2 Å². The highest BCUT2D eigenvalue weighted by molar-refractivity contribution is 6.10. The molecule has 2 aromatic rings. The van der Waals surface area contributed by atoms with Crippen LogP contribution in [0.25, 0.3) is 0 Å². The molecule has 0 atom stereocenters. The molecule has 7 nitrogen and oxygen atoms in total. The molecule has 0 unspecified atom stereocenters. The molecule has 4 rings (SSSR count). The second kappa shape index (κ2) is 7.28. The maximum atomic E-state index is 12.9. The third-order valence-corrected chi connectivity index (χ3v) is 5.17. The maximum Gasteiger partial charge on any atom is 0.282 e. The number of fused-ring (bicyclic) bond motifs is 1. The van der Waals surface area contributed by atoms with Crippen molar-refractivity contribution in [2.24, 2.45) is 0 Å². The summed E-state index contributed by atoms with van der Waals surface area (Å²) in [5.41, 5.74) is 2.28. The van der Waals surface area contributed by atoms with Gasteiger partial charge in [0.25, 0.3) is 5.91 Å². The van der Waals surface area contributed by atoms with Crippen LogP contribution >= 0.6 is 0 Å². The van der Waals surface area contributed by atoms with Crippen molar-refractivity contribution in [1.82, 2.24) is 0 Å². The average molecular weight is 367 g/mol. The van der Waals surface area contributed by atoms with Gasteiger partial charge in [0.1, 0.15) is 12.3 Å². The summed E-state index contributed by atoms with van der Waals surface area (Å²) in [4.78, 5) is 29.7. The van der Waals surface area contributed by atoms with Gasteiger partial charge in [0.2, 0.25) is 5.91 Å². The van der Waals surface area contributed by atoms with Crippen LogP contribution in [0.4, 0.5) is 17.1 Å². The standard InChI is InChI=1S/C20H22N4O3/c25-18-8-4-3-7-17(18)23-11-9-22(10-12-23)14-20(27)24-13-19(26)21-15-5-1-2-6-16(15)24/h1-8,25H,9-14H2,(H,21,26)/p+1. The molecule has 0 radical (unpaired) electrons. The van der Waals surface area contributed by atoms with Crippen LogP contribution in [-0.2, 0) is 9.59 Å². The van der Waals surface area contributed by atoms with Gasteiger partial charge in [0, 0.05) is 0 Å². The van der Waals surface area contributed by atoms with E-state index in [4.69, 9.17) is 0 Å². The second-order valence-electron chi connectivity index (χ2n) is 6.95. The first-order valence-corrected chi connectivity index (χ1v) is 9.17. The summed E-state index contributed by atoms with van der Waals surface area (Å²) in [5, 5.41) is 12.8. The van der Waals surface area contributed by atoms with Gasteiger partial charge >= 0.3 is 0 Å². The quantitative estimate of drug-likeness (QED) is 0.718. The summed E-state index contributed by atoms with van der Waals surface area (Å²) in [5.74, 6) is 0.0812. The number of hydrogen-bond donors (Lipinski definition) is 3. The van der Waals surface area contributed by atoms with E-state index < -0.39 is 0 Å². The fourth-order valence-electron chi connectivity index (χ4n) is 3.74. The minimum absolute atomic E-state index is 0.0386. The summed E-state index contributed by atoms with van der Waals surface area (Å²) in [6.07, 6.45) is 0. The molecule has 0 saturated carbocycles. The van der Waals surface area contributed by atoms with Crippen molar-refractivity contribution in [1.29, 1.82) is 0 Å². The summed E-state index contributed by atoms with van der Waals surface area (Å²) in [6.45, 7) is 3.58. The minimum Gasteiger partial charge on any atom is -0.506 e. The number of piperazine rings is 1. The van der Waals surface area contributed by atoms with E-state index in [1.54, 1.807) is 11.0 Å². The summed E-state index contributed by atoms with van der Waals surface area (Å²) in [6, 6.07) is 14.7. The Morgan fingerprint density at radius 2 is 1.70 bits per heavy atom. The van der Waals surface area contributed by atoms with Crippen molar-refractivity contribution >= 4 is 28.9 Å². The van der Waals surface area contributed by atoms with E-state index in [1.807, 2.05) is 42.5 Å². The van der Waals surface area contributed by atoms with E-state index in [0.717, 1.165) is 37.6 Å². The van der Waals surface area contributed by atoms with Gasteiger partial charge < -0.3 is 20.2 Å². The van der Waals surface area contributed by atoms with Crippen molar-refractivity contribution in [2.75, 3.05) is 54.4 Å². The topological polar surface area (TPSA) is 77.3 Å². The van der Waals surface area contributed by atoms with Crippen LogP contribution in [0.3, 0.4) is 0 Å². The molecule has 2 heterocycles. The fourth-order valence-corrected chi connectivity index (χ4v) is 3.74. The van der Waals surface area contributed by atoms with Gasteiger partial charge in [-0.2, -0.15) is 0 Å². The zero-order chi connectivity index (χ0) is 18.8. The summed E-state index contributed by atoms with van der Waals surface area (Å²) in [7, 11) is 0. The van der Waals surface area contributed by atoms with Gasteiger partial charge in [0.05, 0.1) is 43.2 Å². The Hall–Kier alpha value is -3.06. The van der Waals surface area contributed by atoms with Gasteiger partial charge in [-0.15, -0.1) is 0 Å². The highest BCUT2D eigenvalue weighted by Crippen LogP contribution is 2.29. The number of hydrogen-bond acceptors (Lipinski definition) is 4. The molecule has 2 aliphatic heterocycles. The Labute approximate surface area is 157 Å². The largest absolute Gasteiger partial charge is 0.506 e. The van der Waals surface area contributed by atoms with Crippen molar-refractivity contribution in [3.8, 4) is 5.75 Å². The third kappa shape index (κ3) is 3.59. The smallest absolute Gasteiger partial charge is 0.282 e. The van der Waals surface area contributed by atoms with Crippen LogP contribution in [0.15, 0.2) is 48.5 Å². The van der Waals surface area contributed by atoms with Crippen LogP contribution in [0.1, 0.15) is 0 Å². The molecule has 140 valence electrons. The summed E-state index contributed by atoms with van der Waals surface area (Å²) >= 11 is 0. The Kier molecular flexibility index (Phi) is 4.68. The van der Waals surface area contributed by atoms with Crippen molar-refractivity contribution in [3.63, 3.8) is 0 Å². The Balaban J connectivity index is 1.39. The Morgan fingerprint density at radius 1 is 1.04 bits per heavy atom. The number of benzene rings is 2.